The summed E-state index contributed by atoms with van der Waals surface area (Å²) in [6.45, 7) is 8.90. The van der Waals surface area contributed by atoms with Crippen molar-refractivity contribution in [1.29, 1.82) is 0 Å². The van der Waals surface area contributed by atoms with Crippen molar-refractivity contribution in [3.8, 4) is 5.75 Å². The number of alkyl halides is 3. The van der Waals surface area contributed by atoms with Crippen LogP contribution in [0.25, 0.3) is 10.9 Å². The largest absolute Gasteiger partial charge is 0.489 e. The van der Waals surface area contributed by atoms with Crippen LogP contribution in [0.3, 0.4) is 0 Å². The van der Waals surface area contributed by atoms with Crippen LogP contribution in [0.5, 0.6) is 5.75 Å². The lowest BCUT2D eigenvalue weighted by molar-refractivity contribution is -0.141. The van der Waals surface area contributed by atoms with Gasteiger partial charge >= 0.3 is 6.18 Å². The molecule has 4 aromatic rings. The van der Waals surface area contributed by atoms with Crippen molar-refractivity contribution in [2.45, 2.75) is 102 Å². The number of carbonyl (C=O) groups excluding carboxylic acids is 3. The highest BCUT2D eigenvalue weighted by molar-refractivity contribution is 6.05. The Hall–Kier alpha value is -5.16. The topological polar surface area (TPSA) is 125 Å². The number of anilines is 2. The zero-order chi connectivity index (χ0) is 42.3. The van der Waals surface area contributed by atoms with Gasteiger partial charge in [0, 0.05) is 86.7 Å². The molecule has 17 heteroatoms. The number of amides is 3. The molecule has 3 saturated heterocycles. The Bertz CT molecular complexity index is 2220. The molecule has 0 spiro atoms. The zero-order valence-corrected chi connectivity index (χ0v) is 33.6. The Morgan fingerprint density at radius 2 is 1.48 bits per heavy atom. The van der Waals surface area contributed by atoms with Gasteiger partial charge in [0.1, 0.15) is 28.8 Å². The second-order valence-corrected chi connectivity index (χ2v) is 16.6. The first-order valence-corrected chi connectivity index (χ1v) is 20.8. The summed E-state index contributed by atoms with van der Waals surface area (Å²) >= 11 is 0. The van der Waals surface area contributed by atoms with Crippen LogP contribution < -0.4 is 20.3 Å². The monoisotopic (exact) mass is 836 g/mol. The number of piperidine rings is 2. The molecule has 12 nitrogen and oxygen atoms in total. The minimum Gasteiger partial charge on any atom is -0.489 e. The molecule has 0 unspecified atom stereocenters. The highest BCUT2D eigenvalue weighted by atomic mass is 19.4. The van der Waals surface area contributed by atoms with Gasteiger partial charge in [0.2, 0.25) is 11.8 Å². The van der Waals surface area contributed by atoms with Gasteiger partial charge in [0.25, 0.3) is 5.91 Å². The van der Waals surface area contributed by atoms with Crippen LogP contribution in [-0.2, 0) is 15.8 Å². The van der Waals surface area contributed by atoms with Crippen molar-refractivity contribution in [1.82, 2.24) is 29.9 Å². The van der Waals surface area contributed by atoms with E-state index in [9.17, 15) is 27.6 Å². The average Bonchev–Trinajstić information content (AvgIpc) is 3.64. The molecule has 8 rings (SSSR count). The van der Waals surface area contributed by atoms with Crippen molar-refractivity contribution in [2.24, 2.45) is 0 Å². The Labute approximate surface area is 344 Å². The lowest BCUT2D eigenvalue weighted by atomic mass is 9.89. The van der Waals surface area contributed by atoms with Crippen LogP contribution in [0.4, 0.5) is 33.3 Å². The van der Waals surface area contributed by atoms with Crippen LogP contribution in [-0.4, -0.2) is 99.7 Å². The average molecular weight is 837 g/mol. The third-order valence-electron chi connectivity index (χ3n) is 12.4. The minimum absolute atomic E-state index is 0.0504. The van der Waals surface area contributed by atoms with Crippen molar-refractivity contribution < 1.29 is 41.1 Å². The zero-order valence-electron chi connectivity index (χ0n) is 33.6. The maximum Gasteiger partial charge on any atom is 0.433 e. The number of fused-ring (bicyclic) bond motifs is 1. The van der Waals surface area contributed by atoms with E-state index < -0.39 is 47.1 Å². The van der Waals surface area contributed by atoms with E-state index in [1.807, 2.05) is 29.6 Å². The van der Waals surface area contributed by atoms with E-state index in [1.54, 1.807) is 12.1 Å². The highest BCUT2D eigenvalue weighted by Gasteiger charge is 2.36. The molecule has 1 saturated carbocycles. The molecule has 4 fully saturated rings. The first-order chi connectivity index (χ1) is 28.7. The smallest absolute Gasteiger partial charge is 0.433 e. The SMILES string of the molecule is CC(C)Oc1cc2nn(C3CCC(N4CCN(C5CCN(c6cc(F)c([C@H]7CCC(=O)NC7=O)c(F)c6)CC5)CC4)CC3)cc2cc1NC(=O)c1cccc(C(F)(F)F)n1. The van der Waals surface area contributed by atoms with Gasteiger partial charge in [-0.1, -0.05) is 6.07 Å². The third-order valence-corrected chi connectivity index (χ3v) is 12.4. The molecule has 0 radical (unpaired) electrons. The lowest BCUT2D eigenvalue weighted by Crippen LogP contribution is -2.55. The molecule has 320 valence electrons. The van der Waals surface area contributed by atoms with Gasteiger partial charge in [-0.15, -0.1) is 0 Å². The van der Waals surface area contributed by atoms with E-state index in [2.05, 4.69) is 25.4 Å². The van der Waals surface area contributed by atoms with Crippen LogP contribution in [0.15, 0.2) is 48.7 Å². The van der Waals surface area contributed by atoms with E-state index in [0.717, 1.165) is 82.2 Å². The summed E-state index contributed by atoms with van der Waals surface area (Å²) in [5.74, 6) is -4.04. The highest BCUT2D eigenvalue weighted by Crippen LogP contribution is 2.37. The van der Waals surface area contributed by atoms with E-state index in [-0.39, 0.29) is 36.2 Å². The van der Waals surface area contributed by atoms with Gasteiger partial charge in [-0.3, -0.25) is 34.2 Å². The number of nitrogens with one attached hydrogen (secondary N) is 2. The number of rotatable bonds is 9. The van der Waals surface area contributed by atoms with Gasteiger partial charge in [-0.25, -0.2) is 13.8 Å². The van der Waals surface area contributed by atoms with E-state index in [0.29, 0.717) is 47.8 Å². The first kappa shape index (κ1) is 41.6. The molecule has 3 aliphatic heterocycles. The van der Waals surface area contributed by atoms with Crippen LogP contribution in [0.2, 0.25) is 0 Å². The fourth-order valence-electron chi connectivity index (χ4n) is 9.31. The maximum atomic E-state index is 15.2. The van der Waals surface area contributed by atoms with Crippen LogP contribution in [0, 0.1) is 11.6 Å². The summed E-state index contributed by atoms with van der Waals surface area (Å²) in [7, 11) is 0. The predicted molar refractivity (Wildman–Crippen MR) is 214 cm³/mol. The summed E-state index contributed by atoms with van der Waals surface area (Å²) in [5.41, 5.74) is -0.306. The molecule has 3 amide bonds. The van der Waals surface area contributed by atoms with E-state index >= 15 is 8.78 Å². The molecule has 60 heavy (non-hydrogen) atoms. The molecule has 2 N–H and O–H groups in total. The number of pyridine rings is 1. The van der Waals surface area contributed by atoms with Gasteiger partial charge in [-0.05, 0) is 89.1 Å². The summed E-state index contributed by atoms with van der Waals surface area (Å²) < 4.78 is 78.2. The molecular weight excluding hydrogens is 788 g/mol. The van der Waals surface area contributed by atoms with E-state index in [1.165, 1.54) is 18.2 Å². The van der Waals surface area contributed by atoms with Crippen molar-refractivity contribution in [3.05, 3.63) is 77.2 Å². The van der Waals surface area contributed by atoms with Crippen LogP contribution >= 0.6 is 0 Å². The number of aromatic nitrogens is 3. The van der Waals surface area contributed by atoms with E-state index in [4.69, 9.17) is 9.84 Å². The fourth-order valence-corrected chi connectivity index (χ4v) is 9.31. The van der Waals surface area contributed by atoms with Gasteiger partial charge in [0.15, 0.2) is 0 Å². The quantitative estimate of drug-likeness (QED) is 0.135. The minimum atomic E-state index is -4.68. The number of halogens is 5. The number of ether oxygens (including phenoxy) is 1. The second kappa shape index (κ2) is 17.1. The number of nitrogens with zero attached hydrogens (tertiary/aromatic N) is 6. The fraction of sp³-hybridized carbons (Fsp3) is 0.512. The first-order valence-electron chi connectivity index (χ1n) is 20.8. The second-order valence-electron chi connectivity index (χ2n) is 16.6. The number of imide groups is 1. The predicted octanol–water partition coefficient (Wildman–Crippen LogP) is 7.06. The van der Waals surface area contributed by atoms with Crippen LogP contribution in [0.1, 0.15) is 98.9 Å². The summed E-state index contributed by atoms with van der Waals surface area (Å²) in [5, 5.41) is 10.5. The number of hydrogen-bond acceptors (Lipinski definition) is 9. The Morgan fingerprint density at radius 1 is 0.850 bits per heavy atom. The maximum absolute atomic E-state index is 15.2. The van der Waals surface area contributed by atoms with Crippen molar-refractivity contribution >= 4 is 40.0 Å². The van der Waals surface area contributed by atoms with Gasteiger partial charge in [0.05, 0.1) is 29.3 Å². The van der Waals surface area contributed by atoms with Gasteiger partial charge < -0.3 is 15.0 Å². The third kappa shape index (κ3) is 8.97. The molecular formula is C43H49F5N8O4. The summed E-state index contributed by atoms with van der Waals surface area (Å²) in [6.07, 6.45) is 2.90. The molecule has 2 aromatic heterocycles. The number of piperazine rings is 1. The number of hydrogen-bond donors (Lipinski definition) is 2. The molecule has 0 bridgehead atoms. The lowest BCUT2D eigenvalue weighted by Gasteiger charge is -2.46. The van der Waals surface area contributed by atoms with Crippen molar-refractivity contribution in [2.75, 3.05) is 49.5 Å². The Morgan fingerprint density at radius 3 is 2.10 bits per heavy atom. The molecule has 1 aliphatic carbocycles. The normalized spacial score (nSPS) is 22.7. The summed E-state index contributed by atoms with van der Waals surface area (Å²) in [6, 6.07) is 10.4. The molecule has 2 aromatic carbocycles. The summed E-state index contributed by atoms with van der Waals surface area (Å²) in [4.78, 5) is 47.5. The standard InChI is InChI=1S/C43H49F5N8O4/c1-25(2)60-37-23-35-26(20-36(37)50-42(59)34-4-3-5-38(49-34)43(46,47)48)24-56(52-35)29-8-6-27(7-9-29)54-16-18-55(19-17-54)28-12-14-53(15-13-28)30-21-32(44)40(33(45)22-30)31-10-11-39(57)51-41(31)58/h3-5,20-25,27-29,31H,6-19H2,1-2H3,(H,50,59)(H,51,57,58)/t27?,29?,31-/m1/s1. The van der Waals surface area contributed by atoms with Crippen molar-refractivity contribution in [3.63, 3.8) is 0 Å². The Balaban J connectivity index is 0.830. The molecule has 5 heterocycles. The number of carbonyl (C=O) groups is 3. The molecule has 4 aliphatic rings. The number of benzene rings is 2. The van der Waals surface area contributed by atoms with Gasteiger partial charge in [-0.2, -0.15) is 18.3 Å². The Kier molecular flexibility index (Phi) is 11.8. The molecule has 1 atom stereocenters.